The molecule has 2 rings (SSSR count). The fourth-order valence-corrected chi connectivity index (χ4v) is 1.76. The first-order valence-electron chi connectivity index (χ1n) is 4.38. The molecule has 6 nitrogen and oxygen atoms in total. The fraction of sp³-hybridized carbons (Fsp3) is 0.750. The molecule has 2 fully saturated rings. The van der Waals surface area contributed by atoms with E-state index in [0.717, 1.165) is 0 Å². The molecule has 2 heterocycles. The van der Waals surface area contributed by atoms with Crippen molar-refractivity contribution in [3.05, 3.63) is 0 Å². The van der Waals surface area contributed by atoms with Crippen LogP contribution in [-0.4, -0.2) is 48.4 Å². The van der Waals surface area contributed by atoms with E-state index >= 15 is 0 Å². The lowest BCUT2D eigenvalue weighted by Gasteiger charge is -2.37. The Bertz CT molecular complexity index is 273. The van der Waals surface area contributed by atoms with E-state index in [2.05, 4.69) is 5.32 Å². The van der Waals surface area contributed by atoms with Gasteiger partial charge in [-0.1, -0.05) is 0 Å². The maximum absolute atomic E-state index is 10.7. The van der Waals surface area contributed by atoms with E-state index in [4.69, 9.17) is 14.6 Å². The van der Waals surface area contributed by atoms with Gasteiger partial charge in [-0.3, -0.25) is 0 Å². The number of carbonyl (C=O) groups is 2. The Labute approximate surface area is 80.2 Å². The van der Waals surface area contributed by atoms with E-state index in [1.807, 2.05) is 0 Å². The number of rotatable bonds is 1. The molecule has 6 heteroatoms. The van der Waals surface area contributed by atoms with Crippen molar-refractivity contribution in [2.45, 2.75) is 18.1 Å². The van der Waals surface area contributed by atoms with Crippen LogP contribution in [0.25, 0.3) is 0 Å². The zero-order valence-corrected chi connectivity index (χ0v) is 7.49. The smallest absolute Gasteiger partial charge is 0.417 e. The Morgan fingerprint density at radius 1 is 1.50 bits per heavy atom. The normalized spacial score (nSPS) is 28.4. The summed E-state index contributed by atoms with van der Waals surface area (Å²) in [6.07, 6.45) is 0.286. The first-order valence-corrected chi connectivity index (χ1v) is 4.38. The minimum atomic E-state index is -1.55. The second kappa shape index (κ2) is 3.21. The summed E-state index contributed by atoms with van der Waals surface area (Å²) < 4.78 is 9.79. The third-order valence-corrected chi connectivity index (χ3v) is 2.53. The van der Waals surface area contributed by atoms with Crippen molar-refractivity contribution >= 4 is 11.9 Å². The van der Waals surface area contributed by atoms with Gasteiger partial charge in [0.15, 0.2) is 0 Å². The molecule has 0 bridgehead atoms. The average molecular weight is 201 g/mol. The topological polar surface area (TPSA) is 84.9 Å². The van der Waals surface area contributed by atoms with Crippen molar-refractivity contribution in [3.8, 4) is 0 Å². The van der Waals surface area contributed by atoms with Gasteiger partial charge in [-0.25, -0.2) is 9.59 Å². The molecule has 0 aromatic carbocycles. The lowest BCUT2D eigenvalue weighted by atomic mass is 9.95. The molecule has 2 aliphatic rings. The summed E-state index contributed by atoms with van der Waals surface area (Å²) >= 11 is 0. The number of hydrogen-bond acceptors (Lipinski definition) is 5. The molecule has 0 amide bonds. The summed E-state index contributed by atoms with van der Waals surface area (Å²) in [6, 6.07) is 0. The van der Waals surface area contributed by atoms with Crippen molar-refractivity contribution < 1.29 is 24.2 Å². The SMILES string of the molecule is O=C(O)C(=O)OC1CNC2(COC2)C1. The molecule has 0 saturated carbocycles. The van der Waals surface area contributed by atoms with Crippen molar-refractivity contribution in [1.82, 2.24) is 5.32 Å². The van der Waals surface area contributed by atoms with Gasteiger partial charge >= 0.3 is 11.9 Å². The van der Waals surface area contributed by atoms with Crippen LogP contribution in [0, 0.1) is 0 Å². The number of aliphatic carboxylic acids is 1. The summed E-state index contributed by atoms with van der Waals surface area (Å²) in [5.41, 5.74) is -0.0799. The van der Waals surface area contributed by atoms with Crippen LogP contribution in [0.5, 0.6) is 0 Å². The Morgan fingerprint density at radius 3 is 2.64 bits per heavy atom. The second-order valence-electron chi connectivity index (χ2n) is 3.69. The summed E-state index contributed by atoms with van der Waals surface area (Å²) in [4.78, 5) is 20.9. The molecule has 14 heavy (non-hydrogen) atoms. The summed E-state index contributed by atoms with van der Waals surface area (Å²) in [5, 5.41) is 11.5. The molecule has 2 N–H and O–H groups in total. The van der Waals surface area contributed by atoms with Crippen LogP contribution < -0.4 is 5.32 Å². The van der Waals surface area contributed by atoms with Crippen LogP contribution in [0.15, 0.2) is 0 Å². The highest BCUT2D eigenvalue weighted by atomic mass is 16.6. The predicted molar refractivity (Wildman–Crippen MR) is 43.7 cm³/mol. The largest absolute Gasteiger partial charge is 0.473 e. The Hall–Kier alpha value is -1.14. The fourth-order valence-electron chi connectivity index (χ4n) is 1.76. The average Bonchev–Trinajstić information content (AvgIpc) is 2.47. The molecular weight excluding hydrogens is 190 g/mol. The van der Waals surface area contributed by atoms with Gasteiger partial charge < -0.3 is 19.9 Å². The number of nitrogens with one attached hydrogen (secondary N) is 1. The molecule has 1 atom stereocenters. The highest BCUT2D eigenvalue weighted by Gasteiger charge is 2.46. The second-order valence-corrected chi connectivity index (χ2v) is 3.69. The molecule has 78 valence electrons. The highest BCUT2D eigenvalue weighted by Crippen LogP contribution is 2.28. The third kappa shape index (κ3) is 1.58. The van der Waals surface area contributed by atoms with E-state index in [-0.39, 0.29) is 11.6 Å². The van der Waals surface area contributed by atoms with Crippen molar-refractivity contribution in [3.63, 3.8) is 0 Å². The van der Waals surface area contributed by atoms with Gasteiger partial charge in [0, 0.05) is 13.0 Å². The van der Waals surface area contributed by atoms with Crippen LogP contribution in [-0.2, 0) is 19.1 Å². The van der Waals surface area contributed by atoms with Crippen LogP contribution in [0.3, 0.4) is 0 Å². The number of carboxylic acids is 1. The maximum Gasteiger partial charge on any atom is 0.417 e. The van der Waals surface area contributed by atoms with Crippen molar-refractivity contribution in [2.75, 3.05) is 19.8 Å². The Kier molecular flexibility index (Phi) is 2.16. The zero-order chi connectivity index (χ0) is 10.2. The summed E-state index contributed by atoms with van der Waals surface area (Å²) in [6.45, 7) is 1.71. The minimum absolute atomic E-state index is 0.0799. The molecule has 0 aromatic heterocycles. The van der Waals surface area contributed by atoms with E-state index in [1.165, 1.54) is 0 Å². The third-order valence-electron chi connectivity index (χ3n) is 2.53. The van der Waals surface area contributed by atoms with Gasteiger partial charge in [0.05, 0.1) is 18.8 Å². The van der Waals surface area contributed by atoms with Crippen molar-refractivity contribution in [1.29, 1.82) is 0 Å². The van der Waals surface area contributed by atoms with Gasteiger partial charge in [0.25, 0.3) is 0 Å². The van der Waals surface area contributed by atoms with Crippen LogP contribution in [0.4, 0.5) is 0 Å². The number of esters is 1. The first-order chi connectivity index (χ1) is 6.61. The van der Waals surface area contributed by atoms with E-state index in [9.17, 15) is 9.59 Å². The predicted octanol–water partition coefficient (Wildman–Crippen LogP) is -1.25. The standard InChI is InChI=1S/C8H11NO5/c10-6(11)7(12)14-5-1-8(9-2-5)3-13-4-8/h5,9H,1-4H2,(H,10,11). The lowest BCUT2D eigenvalue weighted by Crippen LogP contribution is -2.56. The summed E-state index contributed by atoms with van der Waals surface area (Å²) in [7, 11) is 0. The Morgan fingerprint density at radius 2 is 2.21 bits per heavy atom. The number of carbonyl (C=O) groups excluding carboxylic acids is 1. The molecule has 2 saturated heterocycles. The summed E-state index contributed by atoms with van der Waals surface area (Å²) in [5.74, 6) is -2.73. The van der Waals surface area contributed by atoms with E-state index in [0.29, 0.717) is 26.2 Å². The van der Waals surface area contributed by atoms with Gasteiger partial charge in [-0.05, 0) is 0 Å². The quantitative estimate of drug-likeness (QED) is 0.407. The monoisotopic (exact) mass is 201 g/mol. The minimum Gasteiger partial charge on any atom is -0.473 e. The number of carboxylic acid groups (broad SMARTS) is 1. The first kappa shape index (κ1) is 9.42. The number of ether oxygens (including phenoxy) is 2. The molecular formula is C8H11NO5. The van der Waals surface area contributed by atoms with Gasteiger partial charge in [0.2, 0.25) is 0 Å². The number of hydrogen-bond donors (Lipinski definition) is 2. The van der Waals surface area contributed by atoms with Crippen LogP contribution >= 0.6 is 0 Å². The van der Waals surface area contributed by atoms with Crippen molar-refractivity contribution in [2.24, 2.45) is 0 Å². The molecule has 2 aliphatic heterocycles. The molecule has 0 aliphatic carbocycles. The van der Waals surface area contributed by atoms with E-state index in [1.54, 1.807) is 0 Å². The highest BCUT2D eigenvalue weighted by molar-refractivity contribution is 6.28. The molecule has 1 spiro atoms. The lowest BCUT2D eigenvalue weighted by molar-refractivity contribution is -0.167. The van der Waals surface area contributed by atoms with Gasteiger partial charge in [0.1, 0.15) is 6.10 Å². The molecule has 0 aromatic rings. The van der Waals surface area contributed by atoms with Gasteiger partial charge in [-0.2, -0.15) is 0 Å². The zero-order valence-electron chi connectivity index (χ0n) is 7.49. The maximum atomic E-state index is 10.7. The molecule has 1 unspecified atom stereocenters. The Balaban J connectivity index is 1.84. The van der Waals surface area contributed by atoms with E-state index < -0.39 is 11.9 Å². The van der Waals surface area contributed by atoms with Crippen LogP contribution in [0.1, 0.15) is 6.42 Å². The van der Waals surface area contributed by atoms with Gasteiger partial charge in [-0.15, -0.1) is 0 Å². The molecule has 0 radical (unpaired) electrons. The van der Waals surface area contributed by atoms with Crippen LogP contribution in [0.2, 0.25) is 0 Å².